The number of hydrogen-bond acceptors (Lipinski definition) is 2. The summed E-state index contributed by atoms with van der Waals surface area (Å²) in [5.74, 6) is 0. The predicted octanol–water partition coefficient (Wildman–Crippen LogP) is 7.38. The minimum Gasteiger partial charge on any atom is -0.407 e. The van der Waals surface area contributed by atoms with Crippen molar-refractivity contribution in [2.24, 2.45) is 5.11 Å². The molecule has 0 fully saturated rings. The molecule has 0 amide bonds. The molecule has 4 nitrogen and oxygen atoms in total. The molecule has 2 aromatic carbocycles. The monoisotopic (exact) mass is 451 g/mol. The molecule has 0 atom stereocenters. The molecule has 0 unspecified atom stereocenters. The van der Waals surface area contributed by atoms with Crippen molar-refractivity contribution in [2.45, 2.75) is 83.6 Å². The molecule has 0 N–H and O–H groups in total. The number of nitrogens with zero attached hydrogens (tertiary/aromatic N) is 3. The second-order valence-corrected chi connectivity index (χ2v) is 14.0. The highest BCUT2D eigenvalue weighted by molar-refractivity contribution is 6.99. The van der Waals surface area contributed by atoms with Gasteiger partial charge in [0.1, 0.15) is 0 Å². The molecule has 5 heteroatoms. The van der Waals surface area contributed by atoms with Gasteiger partial charge in [-0.1, -0.05) is 131 Å². The van der Waals surface area contributed by atoms with Gasteiger partial charge in [-0.3, -0.25) is 0 Å². The van der Waals surface area contributed by atoms with E-state index in [2.05, 4.69) is 91.5 Å². The Bertz CT molecular complexity index is 759. The van der Waals surface area contributed by atoms with Crippen LogP contribution in [0.15, 0.2) is 65.8 Å². The van der Waals surface area contributed by atoms with Crippen LogP contribution in [0.4, 0.5) is 0 Å². The Morgan fingerprint density at radius 3 is 1.59 bits per heavy atom. The minimum absolute atomic E-state index is 0.0499. The van der Waals surface area contributed by atoms with Crippen molar-refractivity contribution in [3.63, 3.8) is 0 Å². The maximum atomic E-state index is 8.28. The van der Waals surface area contributed by atoms with Gasteiger partial charge in [0.25, 0.3) is 8.32 Å². The van der Waals surface area contributed by atoms with Gasteiger partial charge in [-0.2, -0.15) is 0 Å². The van der Waals surface area contributed by atoms with Gasteiger partial charge < -0.3 is 4.43 Å². The summed E-state index contributed by atoms with van der Waals surface area (Å²) in [6.45, 7) is 8.48. The van der Waals surface area contributed by atoms with E-state index in [1.165, 1.54) is 55.3 Å². The zero-order chi connectivity index (χ0) is 23.1. The molecule has 0 saturated heterocycles. The zero-order valence-corrected chi connectivity index (χ0v) is 21.3. The van der Waals surface area contributed by atoms with Crippen LogP contribution in [0.3, 0.4) is 0 Å². The molecule has 0 aliphatic heterocycles. The van der Waals surface area contributed by atoms with Crippen molar-refractivity contribution in [2.75, 3.05) is 13.2 Å². The summed E-state index contributed by atoms with van der Waals surface area (Å²) in [4.78, 5) is 2.80. The Labute approximate surface area is 196 Å². The van der Waals surface area contributed by atoms with E-state index < -0.39 is 8.32 Å². The van der Waals surface area contributed by atoms with E-state index in [1.54, 1.807) is 0 Å². The van der Waals surface area contributed by atoms with Gasteiger partial charge in [-0.05, 0) is 33.8 Å². The fourth-order valence-corrected chi connectivity index (χ4v) is 9.16. The largest absolute Gasteiger partial charge is 0.407 e. The van der Waals surface area contributed by atoms with Gasteiger partial charge in [0, 0.05) is 18.1 Å². The lowest BCUT2D eigenvalue weighted by atomic mass is 10.1. The second-order valence-electron chi connectivity index (χ2n) is 9.65. The van der Waals surface area contributed by atoms with Crippen LogP contribution >= 0.6 is 0 Å². The summed E-state index contributed by atoms with van der Waals surface area (Å²) >= 11 is 0. The third-order valence-electron chi connectivity index (χ3n) is 6.20. The molecule has 0 aliphatic carbocycles. The van der Waals surface area contributed by atoms with Gasteiger partial charge in [0.05, 0.1) is 0 Å². The molecule has 174 valence electrons. The molecule has 0 aliphatic rings. The average Bonchev–Trinajstić information content (AvgIpc) is 2.80. The Morgan fingerprint density at radius 1 is 0.719 bits per heavy atom. The number of benzene rings is 2. The Kier molecular flexibility index (Phi) is 11.6. The van der Waals surface area contributed by atoms with Crippen molar-refractivity contribution < 1.29 is 4.43 Å². The van der Waals surface area contributed by atoms with Crippen LogP contribution in [0.2, 0.25) is 5.04 Å². The van der Waals surface area contributed by atoms with Crippen molar-refractivity contribution in [1.29, 1.82) is 0 Å². The summed E-state index contributed by atoms with van der Waals surface area (Å²) in [6, 6.07) is 21.8. The molecule has 2 rings (SSSR count). The summed E-state index contributed by atoms with van der Waals surface area (Å²) in [5, 5.41) is 6.36. The van der Waals surface area contributed by atoms with E-state index in [0.717, 1.165) is 19.4 Å². The highest BCUT2D eigenvalue weighted by Crippen LogP contribution is 2.36. The van der Waals surface area contributed by atoms with Crippen LogP contribution in [-0.2, 0) is 4.43 Å². The Morgan fingerprint density at radius 2 is 1.16 bits per heavy atom. The molecular formula is C27H41N3OSi. The summed E-state index contributed by atoms with van der Waals surface area (Å²) in [7, 11) is -2.38. The molecule has 32 heavy (non-hydrogen) atoms. The lowest BCUT2D eigenvalue weighted by Gasteiger charge is -2.43. The normalized spacial score (nSPS) is 11.8. The lowest BCUT2D eigenvalue weighted by Crippen LogP contribution is -2.66. The SMILES string of the molecule is CC(C)(C)[Si](OCCCCCCCCCCCN=[N+]=[N-])(c1ccccc1)c1ccccc1. The van der Waals surface area contributed by atoms with Crippen molar-refractivity contribution in [3.05, 3.63) is 71.1 Å². The zero-order valence-electron chi connectivity index (χ0n) is 20.3. The molecule has 2 aromatic rings. The van der Waals surface area contributed by atoms with Crippen molar-refractivity contribution in [1.82, 2.24) is 0 Å². The van der Waals surface area contributed by atoms with Crippen LogP contribution in [0, 0.1) is 0 Å². The molecule has 0 heterocycles. The van der Waals surface area contributed by atoms with Gasteiger partial charge in [-0.25, -0.2) is 0 Å². The van der Waals surface area contributed by atoms with Crippen LogP contribution < -0.4 is 10.4 Å². The standard InChI is InChI=1S/C27H41N3OSi/c1-27(2,3)32(25-19-13-11-14-20-25,26-21-15-12-16-22-26)31-24-18-10-8-6-4-5-7-9-17-23-29-30-28/h11-16,19-22H,4-10,17-18,23-24H2,1-3H3. The van der Waals surface area contributed by atoms with E-state index in [-0.39, 0.29) is 5.04 Å². The third-order valence-corrected chi connectivity index (χ3v) is 11.2. The third kappa shape index (κ3) is 7.81. The minimum atomic E-state index is -2.38. The lowest BCUT2D eigenvalue weighted by molar-refractivity contribution is 0.286. The van der Waals surface area contributed by atoms with Gasteiger partial charge in [0.2, 0.25) is 0 Å². The number of azide groups is 1. The number of rotatable bonds is 15. The molecule has 0 radical (unpaired) electrons. The summed E-state index contributed by atoms with van der Waals surface area (Å²) in [5.41, 5.74) is 8.28. The summed E-state index contributed by atoms with van der Waals surface area (Å²) < 4.78 is 6.96. The molecule has 0 bridgehead atoms. The van der Waals surface area contributed by atoms with Gasteiger partial charge >= 0.3 is 0 Å². The van der Waals surface area contributed by atoms with Crippen LogP contribution in [-0.4, -0.2) is 21.5 Å². The van der Waals surface area contributed by atoms with E-state index in [1.807, 2.05) is 0 Å². The first-order chi connectivity index (χ1) is 15.5. The summed E-state index contributed by atoms with van der Waals surface area (Å²) in [6.07, 6.45) is 11.0. The molecule has 0 aromatic heterocycles. The maximum Gasteiger partial charge on any atom is 0.261 e. The molecular weight excluding hydrogens is 410 g/mol. The number of unbranched alkanes of at least 4 members (excludes halogenated alkanes) is 8. The first-order valence-electron chi connectivity index (χ1n) is 12.3. The smallest absolute Gasteiger partial charge is 0.261 e. The van der Waals surface area contributed by atoms with E-state index in [9.17, 15) is 0 Å². The predicted molar refractivity (Wildman–Crippen MR) is 139 cm³/mol. The fourth-order valence-electron chi connectivity index (χ4n) is 4.55. The highest BCUT2D eigenvalue weighted by atomic mass is 28.4. The van der Waals surface area contributed by atoms with Crippen LogP contribution in [0.5, 0.6) is 0 Å². The molecule has 0 saturated carbocycles. The first kappa shape index (κ1) is 26.2. The number of hydrogen-bond donors (Lipinski definition) is 0. The van der Waals surface area contributed by atoms with E-state index >= 15 is 0 Å². The topological polar surface area (TPSA) is 58.0 Å². The molecule has 0 spiro atoms. The second kappa shape index (κ2) is 14.2. The fraction of sp³-hybridized carbons (Fsp3) is 0.556. The Balaban J connectivity index is 1.84. The van der Waals surface area contributed by atoms with Crippen LogP contribution in [0.1, 0.15) is 78.6 Å². The first-order valence-corrected chi connectivity index (χ1v) is 14.2. The van der Waals surface area contributed by atoms with Crippen molar-refractivity contribution >= 4 is 18.7 Å². The average molecular weight is 452 g/mol. The van der Waals surface area contributed by atoms with E-state index in [0.29, 0.717) is 6.54 Å². The van der Waals surface area contributed by atoms with Gasteiger partial charge in [-0.15, -0.1) is 0 Å². The highest BCUT2D eigenvalue weighted by Gasteiger charge is 2.49. The quantitative estimate of drug-likeness (QED) is 0.0915. The maximum absolute atomic E-state index is 8.28. The Hall–Kier alpha value is -2.07. The van der Waals surface area contributed by atoms with Gasteiger partial charge in [0.15, 0.2) is 0 Å². The van der Waals surface area contributed by atoms with Crippen molar-refractivity contribution in [3.8, 4) is 0 Å². The van der Waals surface area contributed by atoms with Crippen LogP contribution in [0.25, 0.3) is 10.4 Å². The van der Waals surface area contributed by atoms with E-state index in [4.69, 9.17) is 9.96 Å².